The van der Waals surface area contributed by atoms with Crippen LogP contribution in [-0.4, -0.2) is 64.2 Å². The lowest BCUT2D eigenvalue weighted by Gasteiger charge is -2.40. The highest BCUT2D eigenvalue weighted by Crippen LogP contribution is 2.29. The Kier molecular flexibility index (Phi) is 7.54. The van der Waals surface area contributed by atoms with E-state index in [0.29, 0.717) is 17.8 Å². The van der Waals surface area contributed by atoms with Crippen molar-refractivity contribution in [3.63, 3.8) is 0 Å². The topological polar surface area (TPSA) is 96.9 Å². The Morgan fingerprint density at radius 3 is 2.58 bits per heavy atom. The number of aromatic nitrogens is 2. The van der Waals surface area contributed by atoms with E-state index in [1.54, 1.807) is 19.5 Å². The number of carbonyl (C=O) groups excluding carboxylic acids is 1. The molecule has 8 nitrogen and oxygen atoms in total. The highest BCUT2D eigenvalue weighted by molar-refractivity contribution is 6.00. The zero-order chi connectivity index (χ0) is 23.2. The number of oxime groups is 1. The summed E-state index contributed by atoms with van der Waals surface area (Å²) in [5, 5.41) is 4.27. The van der Waals surface area contributed by atoms with Crippen LogP contribution in [-0.2, 0) is 16.2 Å². The summed E-state index contributed by atoms with van der Waals surface area (Å²) in [5.74, 6) is 1.20. The van der Waals surface area contributed by atoms with Crippen molar-refractivity contribution in [2.24, 2.45) is 17.0 Å². The molecule has 2 unspecified atom stereocenters. The number of likely N-dealkylation sites (tertiary alicyclic amines) is 2. The zero-order valence-corrected chi connectivity index (χ0v) is 19.6. The maximum absolute atomic E-state index is 13.3. The van der Waals surface area contributed by atoms with E-state index in [9.17, 15) is 4.79 Å². The molecule has 4 rings (SSSR count). The maximum Gasteiger partial charge on any atom is 0.225 e. The van der Waals surface area contributed by atoms with Gasteiger partial charge in [0.05, 0.1) is 5.69 Å². The molecular weight excluding hydrogens is 416 g/mol. The van der Waals surface area contributed by atoms with Crippen LogP contribution >= 0.6 is 0 Å². The minimum Gasteiger partial charge on any atom is -0.399 e. The van der Waals surface area contributed by atoms with Gasteiger partial charge >= 0.3 is 0 Å². The minimum absolute atomic E-state index is 0.0956. The molecule has 176 valence electrons. The van der Waals surface area contributed by atoms with Gasteiger partial charge in [0.25, 0.3) is 0 Å². The van der Waals surface area contributed by atoms with Crippen LogP contribution in [0, 0.1) is 11.8 Å². The van der Waals surface area contributed by atoms with Crippen molar-refractivity contribution in [3.8, 4) is 0 Å². The molecule has 2 fully saturated rings. The van der Waals surface area contributed by atoms with E-state index in [1.807, 2.05) is 30.3 Å². The van der Waals surface area contributed by atoms with Gasteiger partial charge in [-0.3, -0.25) is 14.7 Å². The van der Waals surface area contributed by atoms with Gasteiger partial charge in [-0.2, -0.15) is 0 Å². The monoisotopic (exact) mass is 450 g/mol. The third-order valence-corrected chi connectivity index (χ3v) is 6.90. The van der Waals surface area contributed by atoms with Crippen LogP contribution in [0.3, 0.4) is 0 Å². The fraction of sp³-hybridized carbons (Fsp3) is 0.520. The van der Waals surface area contributed by atoms with Crippen molar-refractivity contribution in [2.75, 3.05) is 32.5 Å². The van der Waals surface area contributed by atoms with Gasteiger partial charge < -0.3 is 15.5 Å². The van der Waals surface area contributed by atoms with E-state index in [0.717, 1.165) is 63.3 Å². The molecule has 0 saturated carbocycles. The van der Waals surface area contributed by atoms with Crippen LogP contribution < -0.4 is 5.73 Å². The van der Waals surface area contributed by atoms with Gasteiger partial charge in [-0.25, -0.2) is 4.98 Å². The molecule has 0 aliphatic carbocycles. The number of amides is 1. The number of piperidine rings is 2. The zero-order valence-electron chi connectivity index (χ0n) is 19.6. The summed E-state index contributed by atoms with van der Waals surface area (Å²) < 4.78 is 0. The fourth-order valence-electron chi connectivity index (χ4n) is 5.08. The maximum atomic E-state index is 13.3. The van der Waals surface area contributed by atoms with E-state index >= 15 is 0 Å². The van der Waals surface area contributed by atoms with Crippen molar-refractivity contribution in [1.82, 2.24) is 19.8 Å². The largest absolute Gasteiger partial charge is 0.399 e. The summed E-state index contributed by atoms with van der Waals surface area (Å²) in [4.78, 5) is 31.4. The summed E-state index contributed by atoms with van der Waals surface area (Å²) in [6.07, 6.45) is 7.07. The van der Waals surface area contributed by atoms with Gasteiger partial charge in [-0.15, -0.1) is 0 Å². The first-order valence-electron chi connectivity index (χ1n) is 11.8. The number of nitrogens with two attached hydrogens (primary N) is 1. The number of rotatable bonds is 6. The van der Waals surface area contributed by atoms with E-state index in [-0.39, 0.29) is 11.8 Å². The average molecular weight is 451 g/mol. The number of nitrogens with zero attached hydrogens (tertiary/aromatic N) is 5. The number of anilines is 1. The fourth-order valence-corrected chi connectivity index (χ4v) is 5.08. The smallest absolute Gasteiger partial charge is 0.225 e. The summed E-state index contributed by atoms with van der Waals surface area (Å²) in [6, 6.07) is 10.1. The SMILES string of the molecule is CON=C(c1ccccn1)C1CCN(C(=O)C2CCN(Cc3ccnc(N)c3)C(C)C2)CC1. The Labute approximate surface area is 195 Å². The van der Waals surface area contributed by atoms with Gasteiger partial charge in [0.15, 0.2) is 0 Å². The normalized spacial score (nSPS) is 22.8. The first-order valence-corrected chi connectivity index (χ1v) is 11.8. The third kappa shape index (κ3) is 5.68. The van der Waals surface area contributed by atoms with Crippen LogP contribution in [0.2, 0.25) is 0 Å². The number of carbonyl (C=O) groups is 1. The molecule has 1 amide bonds. The molecule has 0 bridgehead atoms. The van der Waals surface area contributed by atoms with E-state index in [4.69, 9.17) is 10.6 Å². The molecule has 2 saturated heterocycles. The van der Waals surface area contributed by atoms with Gasteiger partial charge in [0, 0.05) is 49.9 Å². The molecule has 2 atom stereocenters. The molecule has 2 N–H and O–H groups in total. The van der Waals surface area contributed by atoms with E-state index in [1.165, 1.54) is 5.56 Å². The van der Waals surface area contributed by atoms with E-state index < -0.39 is 0 Å². The lowest BCUT2D eigenvalue weighted by atomic mass is 9.87. The van der Waals surface area contributed by atoms with Gasteiger partial charge in [-0.1, -0.05) is 11.2 Å². The van der Waals surface area contributed by atoms with Gasteiger partial charge in [0.1, 0.15) is 18.6 Å². The molecule has 0 radical (unpaired) electrons. The third-order valence-electron chi connectivity index (χ3n) is 6.90. The second-order valence-corrected chi connectivity index (χ2v) is 9.10. The lowest BCUT2D eigenvalue weighted by Crippen LogP contribution is -2.48. The Morgan fingerprint density at radius 1 is 1.12 bits per heavy atom. The summed E-state index contributed by atoms with van der Waals surface area (Å²) in [6.45, 7) is 5.49. The van der Waals surface area contributed by atoms with Crippen molar-refractivity contribution >= 4 is 17.4 Å². The number of hydrogen-bond acceptors (Lipinski definition) is 7. The second-order valence-electron chi connectivity index (χ2n) is 9.10. The lowest BCUT2D eigenvalue weighted by molar-refractivity contribution is -0.139. The summed E-state index contributed by atoms with van der Waals surface area (Å²) >= 11 is 0. The Morgan fingerprint density at radius 2 is 1.91 bits per heavy atom. The van der Waals surface area contributed by atoms with Crippen molar-refractivity contribution < 1.29 is 9.63 Å². The van der Waals surface area contributed by atoms with E-state index in [2.05, 4.69) is 31.8 Å². The minimum atomic E-state index is 0.0956. The number of pyridine rings is 2. The van der Waals surface area contributed by atoms with Crippen LogP contribution in [0.5, 0.6) is 0 Å². The van der Waals surface area contributed by atoms with Crippen molar-refractivity contribution in [1.29, 1.82) is 0 Å². The molecular formula is C25H34N6O2. The Hall–Kier alpha value is -3.00. The van der Waals surface area contributed by atoms with Crippen LogP contribution in [0.1, 0.15) is 43.9 Å². The van der Waals surface area contributed by atoms with Crippen molar-refractivity contribution in [2.45, 2.75) is 45.2 Å². The Bertz CT molecular complexity index is 958. The van der Waals surface area contributed by atoms with Crippen molar-refractivity contribution in [3.05, 3.63) is 54.0 Å². The quantitative estimate of drug-likeness (QED) is 0.537. The standard InChI is InChI=1S/C25H34N6O2/c1-18-15-21(9-14-31(18)17-19-6-11-28-23(26)16-19)25(32)30-12-7-20(8-13-30)24(29-33-2)22-5-3-4-10-27-22/h3-6,10-11,16,18,20-21H,7-9,12-15,17H2,1-2H3,(H2,26,28). The number of nitrogen functional groups attached to an aromatic ring is 1. The molecule has 33 heavy (non-hydrogen) atoms. The molecule has 2 aromatic rings. The summed E-state index contributed by atoms with van der Waals surface area (Å²) in [5.41, 5.74) is 8.72. The van der Waals surface area contributed by atoms with Gasteiger partial charge in [0.2, 0.25) is 5.91 Å². The van der Waals surface area contributed by atoms with Crippen LogP contribution in [0.25, 0.3) is 0 Å². The molecule has 8 heteroatoms. The Balaban J connectivity index is 1.30. The molecule has 2 aliphatic rings. The highest BCUT2D eigenvalue weighted by atomic mass is 16.6. The highest BCUT2D eigenvalue weighted by Gasteiger charge is 2.35. The molecule has 4 heterocycles. The second kappa shape index (κ2) is 10.7. The first kappa shape index (κ1) is 23.2. The van der Waals surface area contributed by atoms with Crippen LogP contribution in [0.4, 0.5) is 5.82 Å². The van der Waals surface area contributed by atoms with Crippen LogP contribution in [0.15, 0.2) is 47.9 Å². The van der Waals surface area contributed by atoms with Gasteiger partial charge in [-0.05, 0) is 69.0 Å². The number of hydrogen-bond donors (Lipinski definition) is 1. The summed E-state index contributed by atoms with van der Waals surface area (Å²) in [7, 11) is 1.57. The average Bonchev–Trinajstić information content (AvgIpc) is 2.84. The molecule has 0 aromatic carbocycles. The molecule has 2 aromatic heterocycles. The molecule has 2 aliphatic heterocycles. The predicted molar refractivity (Wildman–Crippen MR) is 128 cm³/mol. The predicted octanol–water partition coefficient (Wildman–Crippen LogP) is 2.95. The first-order chi connectivity index (χ1) is 16.0. The molecule has 0 spiro atoms.